The molecule has 0 atom stereocenters. The van der Waals surface area contributed by atoms with Crippen LogP contribution in [-0.4, -0.2) is 12.3 Å². The van der Waals surface area contributed by atoms with Gasteiger partial charge in [-0.1, -0.05) is 32.6 Å². The average molecular weight is 214 g/mol. The van der Waals surface area contributed by atoms with Crippen LogP contribution in [0.3, 0.4) is 0 Å². The summed E-state index contributed by atoms with van der Waals surface area (Å²) in [6.45, 7) is 9.28. The third-order valence-corrected chi connectivity index (χ3v) is 4.36. The summed E-state index contributed by atoms with van der Waals surface area (Å²) in [5, 5.41) is 0. The number of hydrogen-bond acceptors (Lipinski definition) is 2. The largest absolute Gasteiger partial charge is 0.443 e. The monoisotopic (exact) mass is 214 g/mol. The van der Waals surface area contributed by atoms with Crippen molar-refractivity contribution in [3.63, 3.8) is 0 Å². The van der Waals surface area contributed by atoms with Gasteiger partial charge in [-0.15, -0.1) is 0 Å². The Morgan fingerprint density at radius 3 is 2.36 bits per heavy atom. The van der Waals surface area contributed by atoms with Gasteiger partial charge >= 0.3 is 0 Å². The molecule has 0 fully saturated rings. The second kappa shape index (κ2) is 6.67. The van der Waals surface area contributed by atoms with E-state index in [1.165, 1.54) is 0 Å². The van der Waals surface area contributed by atoms with Gasteiger partial charge in [-0.3, -0.25) is 4.57 Å². The molecule has 3 heteroatoms. The fourth-order valence-corrected chi connectivity index (χ4v) is 2.10. The molecule has 0 rings (SSSR count). The minimum Gasteiger partial charge on any atom is -0.443 e. The highest BCUT2D eigenvalue weighted by molar-refractivity contribution is 7.59. The first-order chi connectivity index (χ1) is 6.61. The first-order valence-electron chi connectivity index (χ1n) is 4.85. The molecule has 0 aromatic heterocycles. The van der Waals surface area contributed by atoms with Crippen LogP contribution in [0, 0.1) is 0 Å². The van der Waals surface area contributed by atoms with Crippen molar-refractivity contribution in [1.82, 2.24) is 0 Å². The number of allylic oxidation sites excluding steroid dienone is 4. The standard InChI is InChI=1S/C11H19O2P/c1-5-9-10-11(6-2)13-14(12,7-3)8-4/h5-6,9-10H,2,7-8H2,1,3-4H3/b9-5-,11-10+. The molecule has 0 bridgehead atoms. The van der Waals surface area contributed by atoms with E-state index in [-0.39, 0.29) is 0 Å². The molecule has 0 amide bonds. The zero-order valence-electron chi connectivity index (χ0n) is 9.19. The van der Waals surface area contributed by atoms with Crippen LogP contribution in [0.4, 0.5) is 0 Å². The fraction of sp³-hybridized carbons (Fsp3) is 0.455. The topological polar surface area (TPSA) is 26.3 Å². The van der Waals surface area contributed by atoms with Gasteiger partial charge in [-0.05, 0) is 19.1 Å². The Morgan fingerprint density at radius 2 is 2.00 bits per heavy atom. The smallest absolute Gasteiger partial charge is 0.247 e. The Bertz CT molecular complexity index is 269. The normalized spacial score (nSPS) is 13.2. The van der Waals surface area contributed by atoms with Crippen molar-refractivity contribution in [2.75, 3.05) is 12.3 Å². The first kappa shape index (κ1) is 13.2. The Balaban J connectivity index is 4.60. The Labute approximate surface area is 86.8 Å². The lowest BCUT2D eigenvalue weighted by molar-refractivity contribution is 0.418. The van der Waals surface area contributed by atoms with Crippen molar-refractivity contribution < 1.29 is 9.09 Å². The molecule has 0 aromatic carbocycles. The van der Waals surface area contributed by atoms with Crippen molar-refractivity contribution in [3.8, 4) is 0 Å². The van der Waals surface area contributed by atoms with Gasteiger partial charge in [-0.2, -0.15) is 0 Å². The van der Waals surface area contributed by atoms with Gasteiger partial charge < -0.3 is 4.52 Å². The quantitative estimate of drug-likeness (QED) is 0.380. The lowest BCUT2D eigenvalue weighted by Gasteiger charge is -2.16. The second-order valence-corrected chi connectivity index (χ2v) is 5.91. The molecular weight excluding hydrogens is 195 g/mol. The molecule has 0 saturated carbocycles. The van der Waals surface area contributed by atoms with E-state index in [0.29, 0.717) is 18.1 Å². The van der Waals surface area contributed by atoms with Gasteiger partial charge in [0.1, 0.15) is 5.76 Å². The van der Waals surface area contributed by atoms with Crippen LogP contribution in [0.25, 0.3) is 0 Å². The van der Waals surface area contributed by atoms with E-state index in [2.05, 4.69) is 6.58 Å². The summed E-state index contributed by atoms with van der Waals surface area (Å²) in [7, 11) is -2.47. The maximum Gasteiger partial charge on any atom is 0.247 e. The summed E-state index contributed by atoms with van der Waals surface area (Å²) in [4.78, 5) is 0. The minimum atomic E-state index is -2.47. The zero-order chi connectivity index (χ0) is 11.0. The van der Waals surface area contributed by atoms with Gasteiger partial charge in [0.15, 0.2) is 0 Å². The van der Waals surface area contributed by atoms with Crippen LogP contribution < -0.4 is 0 Å². The Morgan fingerprint density at radius 1 is 1.43 bits per heavy atom. The van der Waals surface area contributed by atoms with E-state index in [1.807, 2.05) is 32.9 Å². The van der Waals surface area contributed by atoms with Crippen LogP contribution in [0.2, 0.25) is 0 Å². The molecule has 0 unspecified atom stereocenters. The van der Waals surface area contributed by atoms with Crippen LogP contribution in [0.5, 0.6) is 0 Å². The molecule has 0 radical (unpaired) electrons. The van der Waals surface area contributed by atoms with Crippen molar-refractivity contribution in [2.24, 2.45) is 0 Å². The highest BCUT2D eigenvalue weighted by Crippen LogP contribution is 2.48. The summed E-state index contributed by atoms with van der Waals surface area (Å²) in [6, 6.07) is 0. The van der Waals surface area contributed by atoms with E-state index in [4.69, 9.17) is 4.52 Å². The molecule has 0 aliphatic carbocycles. The third kappa shape index (κ3) is 4.48. The van der Waals surface area contributed by atoms with E-state index in [0.717, 1.165) is 0 Å². The van der Waals surface area contributed by atoms with Crippen LogP contribution in [0.1, 0.15) is 20.8 Å². The SMILES string of the molecule is C=C/C(=C\C=C/C)OP(=O)(CC)CC. The fourth-order valence-electron chi connectivity index (χ4n) is 0.872. The molecule has 80 valence electrons. The first-order valence-corrected chi connectivity index (χ1v) is 6.84. The lowest BCUT2D eigenvalue weighted by atomic mass is 10.4. The van der Waals surface area contributed by atoms with Crippen molar-refractivity contribution >= 4 is 7.37 Å². The third-order valence-electron chi connectivity index (χ3n) is 1.89. The highest BCUT2D eigenvalue weighted by atomic mass is 31.2. The Hall–Kier alpha value is -0.750. The van der Waals surface area contributed by atoms with Crippen molar-refractivity contribution in [2.45, 2.75) is 20.8 Å². The van der Waals surface area contributed by atoms with E-state index in [1.54, 1.807) is 12.2 Å². The lowest BCUT2D eigenvalue weighted by Crippen LogP contribution is -1.94. The molecule has 0 saturated heterocycles. The zero-order valence-corrected chi connectivity index (χ0v) is 10.1. The van der Waals surface area contributed by atoms with Gasteiger partial charge in [0.05, 0.1) is 0 Å². The van der Waals surface area contributed by atoms with Gasteiger partial charge in [0.25, 0.3) is 0 Å². The van der Waals surface area contributed by atoms with Gasteiger partial charge in [-0.25, -0.2) is 0 Å². The molecule has 0 N–H and O–H groups in total. The maximum atomic E-state index is 11.9. The summed E-state index contributed by atoms with van der Waals surface area (Å²) in [5.74, 6) is 0.579. The number of rotatable bonds is 6. The molecule has 14 heavy (non-hydrogen) atoms. The molecule has 0 aliphatic rings. The average Bonchev–Trinajstić information content (AvgIpc) is 2.23. The van der Waals surface area contributed by atoms with Crippen LogP contribution in [0.15, 0.2) is 36.6 Å². The predicted molar refractivity (Wildman–Crippen MR) is 62.9 cm³/mol. The van der Waals surface area contributed by atoms with Crippen molar-refractivity contribution in [1.29, 1.82) is 0 Å². The molecular formula is C11H19O2P. The van der Waals surface area contributed by atoms with Gasteiger partial charge in [0, 0.05) is 12.3 Å². The van der Waals surface area contributed by atoms with Crippen LogP contribution >= 0.6 is 7.37 Å². The molecule has 0 heterocycles. The summed E-state index contributed by atoms with van der Waals surface area (Å²) in [5.41, 5.74) is 0. The molecule has 2 nitrogen and oxygen atoms in total. The predicted octanol–water partition coefficient (Wildman–Crippen LogP) is 3.97. The highest BCUT2D eigenvalue weighted by Gasteiger charge is 2.18. The van der Waals surface area contributed by atoms with Crippen molar-refractivity contribution in [3.05, 3.63) is 36.6 Å². The van der Waals surface area contributed by atoms with E-state index >= 15 is 0 Å². The van der Waals surface area contributed by atoms with E-state index < -0.39 is 7.37 Å². The summed E-state index contributed by atoms with van der Waals surface area (Å²) in [6.07, 6.45) is 8.19. The summed E-state index contributed by atoms with van der Waals surface area (Å²) < 4.78 is 17.4. The van der Waals surface area contributed by atoms with E-state index in [9.17, 15) is 4.57 Å². The minimum absolute atomic E-state index is 0.560. The Kier molecular flexibility index (Phi) is 6.31. The van der Waals surface area contributed by atoms with Gasteiger partial charge in [0.2, 0.25) is 7.37 Å². The summed E-state index contributed by atoms with van der Waals surface area (Å²) >= 11 is 0. The molecule has 0 aliphatic heterocycles. The van der Waals surface area contributed by atoms with Crippen LogP contribution in [-0.2, 0) is 9.09 Å². The second-order valence-electron chi connectivity index (χ2n) is 2.84. The maximum absolute atomic E-state index is 11.9. The molecule has 0 aromatic rings. The molecule has 0 spiro atoms. The number of hydrogen-bond donors (Lipinski definition) is 0.